The summed E-state index contributed by atoms with van der Waals surface area (Å²) >= 11 is 5.17. The Morgan fingerprint density at radius 3 is 2.44 bits per heavy atom. The number of hydrogen-bond acceptors (Lipinski definition) is 1. The van der Waals surface area contributed by atoms with Crippen molar-refractivity contribution >= 4 is 12.6 Å². The molecule has 0 aliphatic carbocycles. The number of benzene rings is 1. The predicted octanol–water partition coefficient (Wildman–Crippen LogP) is 2.02. The van der Waals surface area contributed by atoms with Gasteiger partial charge in [0.2, 0.25) is 0 Å². The van der Waals surface area contributed by atoms with Gasteiger partial charge in [-0.1, -0.05) is 0 Å². The molecule has 0 heterocycles. The molecule has 0 N–H and O–H groups in total. The summed E-state index contributed by atoms with van der Waals surface area (Å²) in [6.07, 6.45) is 0. The van der Waals surface area contributed by atoms with E-state index in [1.165, 1.54) is 9.49 Å². The van der Waals surface area contributed by atoms with Crippen LogP contribution in [0.5, 0.6) is 0 Å². The number of rotatable bonds is 1. The van der Waals surface area contributed by atoms with E-state index in [0.717, 1.165) is 31.0 Å². The molecular formula is C7H7HgS. The van der Waals surface area contributed by atoms with Gasteiger partial charge in [0.1, 0.15) is 0 Å². The molecule has 0 bridgehead atoms. The van der Waals surface area contributed by atoms with Gasteiger partial charge in [0.05, 0.1) is 0 Å². The molecule has 0 aliphatic heterocycles. The Morgan fingerprint density at radius 2 is 2.00 bits per heavy atom. The van der Waals surface area contributed by atoms with E-state index < -0.39 is 0 Å². The molecule has 0 radical (unpaired) electrons. The summed E-state index contributed by atoms with van der Waals surface area (Å²) in [7, 11) is 0. The second-order valence-corrected chi connectivity index (χ2v) is 4.30. The Kier molecular flexibility index (Phi) is 3.06. The van der Waals surface area contributed by atoms with Crippen LogP contribution >= 0.6 is 12.6 Å². The maximum absolute atomic E-state index is 4.31. The number of hydrogen-bond donors (Lipinski definition) is 1. The Labute approximate surface area is 77.0 Å². The van der Waals surface area contributed by atoms with Crippen LogP contribution < -0.4 is 0 Å². The van der Waals surface area contributed by atoms with Crippen molar-refractivity contribution in [2.75, 3.05) is 0 Å². The van der Waals surface area contributed by atoms with Gasteiger partial charge in [0.15, 0.2) is 0 Å². The van der Waals surface area contributed by atoms with E-state index in [2.05, 4.69) is 24.8 Å². The van der Waals surface area contributed by atoms with Crippen LogP contribution in [0.15, 0.2) is 29.2 Å². The monoisotopic (exact) mass is 325 g/mol. The zero-order valence-electron chi connectivity index (χ0n) is 5.17. The van der Waals surface area contributed by atoms with Gasteiger partial charge in [-0.25, -0.2) is 0 Å². The standard InChI is InChI=1S/C7H7S.Hg/c1-6-4-2-3-5-7(6)8;/h2-5,8H,1H2;. The van der Waals surface area contributed by atoms with Gasteiger partial charge in [0.25, 0.3) is 0 Å². The summed E-state index contributed by atoms with van der Waals surface area (Å²) in [6.45, 7) is 0. The third-order valence-electron chi connectivity index (χ3n) is 1.26. The molecule has 0 aliphatic rings. The third-order valence-corrected chi connectivity index (χ3v) is 3.79. The normalized spacial score (nSPS) is 9.67. The molecule has 0 atom stereocenters. The molecule has 0 spiro atoms. The van der Waals surface area contributed by atoms with Gasteiger partial charge in [0, 0.05) is 0 Å². The van der Waals surface area contributed by atoms with E-state index in [1.807, 2.05) is 12.1 Å². The molecule has 0 unspecified atom stereocenters. The van der Waals surface area contributed by atoms with Crippen molar-refractivity contribution in [3.05, 3.63) is 29.8 Å². The van der Waals surface area contributed by atoms with E-state index >= 15 is 0 Å². The fraction of sp³-hybridized carbons (Fsp3) is 0.143. The van der Waals surface area contributed by atoms with Crippen molar-refractivity contribution in [3.63, 3.8) is 0 Å². The van der Waals surface area contributed by atoms with Crippen LogP contribution in [0.25, 0.3) is 0 Å². The zero-order chi connectivity index (χ0) is 6.69. The van der Waals surface area contributed by atoms with Crippen molar-refractivity contribution in [3.8, 4) is 0 Å². The minimum absolute atomic E-state index is 0.863. The Hall–Kier alpha value is 0.505. The van der Waals surface area contributed by atoms with Crippen LogP contribution in [0.1, 0.15) is 5.56 Å². The van der Waals surface area contributed by atoms with Crippen molar-refractivity contribution in [1.82, 2.24) is 0 Å². The quantitative estimate of drug-likeness (QED) is 0.593. The summed E-state index contributed by atoms with van der Waals surface area (Å²) in [5.41, 5.74) is 1.41. The van der Waals surface area contributed by atoms with E-state index in [4.69, 9.17) is 0 Å². The van der Waals surface area contributed by atoms with Gasteiger partial charge >= 0.3 is 77.4 Å². The fourth-order valence-corrected chi connectivity index (χ4v) is 3.51. The van der Waals surface area contributed by atoms with Crippen LogP contribution in [-0.2, 0) is 30.1 Å². The van der Waals surface area contributed by atoms with Crippen molar-refractivity contribution in [2.24, 2.45) is 0 Å². The summed E-state index contributed by atoms with van der Waals surface area (Å²) in [4.78, 5) is 1.15. The SMILES string of the molecule is Sc1ccccc1[CH2][Hg]. The maximum atomic E-state index is 4.31. The summed E-state index contributed by atoms with van der Waals surface area (Å²) in [5, 5.41) is 0. The first kappa shape index (κ1) is 7.61. The summed E-state index contributed by atoms with van der Waals surface area (Å²) in [6, 6.07) is 8.29. The van der Waals surface area contributed by atoms with Crippen molar-refractivity contribution < 1.29 is 26.1 Å². The average molecular weight is 324 g/mol. The molecule has 2 heteroatoms. The van der Waals surface area contributed by atoms with E-state index in [0.29, 0.717) is 0 Å². The molecule has 1 aromatic rings. The molecule has 0 amide bonds. The Balaban J connectivity index is 3.01. The van der Waals surface area contributed by atoms with Crippen LogP contribution in [0.2, 0.25) is 0 Å². The summed E-state index contributed by atoms with van der Waals surface area (Å²) < 4.78 is 1.26. The average Bonchev–Trinajstić information content (AvgIpc) is 1.89. The molecule has 0 aromatic heterocycles. The zero-order valence-corrected chi connectivity index (χ0v) is 11.6. The van der Waals surface area contributed by atoms with Crippen LogP contribution in [0.4, 0.5) is 0 Å². The topological polar surface area (TPSA) is 0 Å². The van der Waals surface area contributed by atoms with Gasteiger partial charge in [-0.2, -0.15) is 0 Å². The molecule has 0 saturated carbocycles. The van der Waals surface area contributed by atoms with Gasteiger partial charge in [-0.05, 0) is 0 Å². The van der Waals surface area contributed by atoms with Gasteiger partial charge in [-0.15, -0.1) is 0 Å². The fourth-order valence-electron chi connectivity index (χ4n) is 0.722. The van der Waals surface area contributed by atoms with E-state index in [1.54, 1.807) is 0 Å². The molecule has 0 saturated heterocycles. The molecule has 43 valence electrons. The van der Waals surface area contributed by atoms with Crippen LogP contribution in [0.3, 0.4) is 0 Å². The second kappa shape index (κ2) is 3.62. The number of thiol groups is 1. The van der Waals surface area contributed by atoms with E-state index in [-0.39, 0.29) is 0 Å². The molecule has 0 fully saturated rings. The molecule has 1 aromatic carbocycles. The van der Waals surface area contributed by atoms with Crippen LogP contribution in [0, 0.1) is 0 Å². The third kappa shape index (κ3) is 1.97. The molecule has 0 nitrogen and oxygen atoms in total. The van der Waals surface area contributed by atoms with Crippen LogP contribution in [-0.4, -0.2) is 0 Å². The molecule has 1 rings (SSSR count). The Bertz CT molecular complexity index is 198. The summed E-state index contributed by atoms with van der Waals surface area (Å²) in [5.74, 6) is 0. The van der Waals surface area contributed by atoms with Crippen molar-refractivity contribution in [2.45, 2.75) is 8.83 Å². The predicted molar refractivity (Wildman–Crippen MR) is 37.4 cm³/mol. The first-order chi connectivity index (χ1) is 4.34. The van der Waals surface area contributed by atoms with E-state index in [9.17, 15) is 0 Å². The second-order valence-electron chi connectivity index (χ2n) is 1.88. The molecular weight excluding hydrogens is 317 g/mol. The Morgan fingerprint density at radius 1 is 1.33 bits per heavy atom. The molecule has 9 heavy (non-hydrogen) atoms. The first-order valence-electron chi connectivity index (χ1n) is 2.90. The first-order valence-corrected chi connectivity index (χ1v) is 7.24. The van der Waals surface area contributed by atoms with Gasteiger partial charge in [-0.3, -0.25) is 0 Å². The van der Waals surface area contributed by atoms with Gasteiger partial charge < -0.3 is 0 Å². The van der Waals surface area contributed by atoms with Crippen molar-refractivity contribution in [1.29, 1.82) is 0 Å². The minimum atomic E-state index is 0.863.